The van der Waals surface area contributed by atoms with Crippen molar-refractivity contribution in [1.82, 2.24) is 5.32 Å². The number of hydrogen-bond acceptors (Lipinski definition) is 3. The highest BCUT2D eigenvalue weighted by Gasteiger charge is 2.42. The quantitative estimate of drug-likeness (QED) is 0.480. The zero-order chi connectivity index (χ0) is 20.4. The van der Waals surface area contributed by atoms with E-state index >= 15 is 0 Å². The van der Waals surface area contributed by atoms with Gasteiger partial charge in [-0.1, -0.05) is 51.5 Å². The van der Waals surface area contributed by atoms with E-state index in [1.54, 1.807) is 13.8 Å². The maximum atomic E-state index is 11.8. The van der Waals surface area contributed by atoms with Crippen LogP contribution in [-0.2, 0) is 15.1 Å². The first-order valence-corrected chi connectivity index (χ1v) is 9.43. The molecule has 0 bridgehead atoms. The molecule has 1 amide bonds. The number of nitrogens with one attached hydrogen (secondary N) is 1. The lowest BCUT2D eigenvalue weighted by Gasteiger charge is -2.25. The second-order valence-corrected chi connectivity index (χ2v) is 7.24. The van der Waals surface area contributed by atoms with E-state index in [-0.39, 0.29) is 11.4 Å². The Kier molecular flexibility index (Phi) is 10.2. The number of benzene rings is 1. The van der Waals surface area contributed by atoms with Gasteiger partial charge in [0.15, 0.2) is 0 Å². The van der Waals surface area contributed by atoms with Crippen LogP contribution in [-0.4, -0.2) is 23.5 Å². The topological polar surface area (TPSA) is 92.4 Å². The molecule has 0 spiro atoms. The van der Waals surface area contributed by atoms with Crippen molar-refractivity contribution < 1.29 is 14.7 Å². The van der Waals surface area contributed by atoms with Crippen molar-refractivity contribution in [2.75, 3.05) is 6.54 Å². The van der Waals surface area contributed by atoms with E-state index in [1.807, 2.05) is 32.9 Å². The van der Waals surface area contributed by atoms with E-state index < -0.39 is 11.4 Å². The molecule has 0 saturated carbocycles. The van der Waals surface area contributed by atoms with Gasteiger partial charge in [-0.15, -0.1) is 0 Å². The summed E-state index contributed by atoms with van der Waals surface area (Å²) < 4.78 is 0. The van der Waals surface area contributed by atoms with Crippen LogP contribution in [0.2, 0.25) is 0 Å². The minimum atomic E-state index is -1.24. The van der Waals surface area contributed by atoms with Crippen LogP contribution < -0.4 is 11.1 Å². The molecule has 5 nitrogen and oxygen atoms in total. The fourth-order valence-corrected chi connectivity index (χ4v) is 2.81. The molecule has 1 aromatic rings. The van der Waals surface area contributed by atoms with Gasteiger partial charge in [-0.05, 0) is 51.2 Å². The number of aryl methyl sites for hydroxylation is 1. The van der Waals surface area contributed by atoms with Gasteiger partial charge in [0.1, 0.15) is 5.41 Å². The van der Waals surface area contributed by atoms with Crippen molar-refractivity contribution in [2.45, 2.75) is 72.8 Å². The molecule has 0 unspecified atom stereocenters. The predicted octanol–water partition coefficient (Wildman–Crippen LogP) is 3.98. The largest absolute Gasteiger partial charge is 0.480 e. The monoisotopic (exact) mass is 364 g/mol. The zero-order valence-electron chi connectivity index (χ0n) is 17.2. The number of aliphatic carboxylic acids is 1. The first-order chi connectivity index (χ1) is 12.1. The summed E-state index contributed by atoms with van der Waals surface area (Å²) >= 11 is 0. The Balaban J connectivity index is 0.000000502. The summed E-state index contributed by atoms with van der Waals surface area (Å²) in [6.45, 7) is 12.2. The second kappa shape index (κ2) is 11.0. The highest BCUT2D eigenvalue weighted by atomic mass is 16.4. The lowest BCUT2D eigenvalue weighted by atomic mass is 9.81. The van der Waals surface area contributed by atoms with Crippen LogP contribution in [0.5, 0.6) is 0 Å². The SMILES string of the molecule is CCCCNC(=O)C(CC)(CC)C(=O)O.Cc1ccccc1C(C)(C)N. The Morgan fingerprint density at radius 1 is 1.12 bits per heavy atom. The lowest BCUT2D eigenvalue weighted by Crippen LogP contribution is -2.46. The van der Waals surface area contributed by atoms with Gasteiger partial charge in [0.25, 0.3) is 0 Å². The molecule has 0 atom stereocenters. The highest BCUT2D eigenvalue weighted by Crippen LogP contribution is 2.26. The molecule has 26 heavy (non-hydrogen) atoms. The van der Waals surface area contributed by atoms with Crippen LogP contribution in [0.15, 0.2) is 24.3 Å². The molecular formula is C21H36N2O3. The van der Waals surface area contributed by atoms with Crippen molar-refractivity contribution >= 4 is 11.9 Å². The molecule has 0 aromatic heterocycles. The van der Waals surface area contributed by atoms with Crippen molar-refractivity contribution in [3.63, 3.8) is 0 Å². The Hall–Kier alpha value is -1.88. The normalized spacial score (nSPS) is 11.3. The Morgan fingerprint density at radius 2 is 1.65 bits per heavy atom. The van der Waals surface area contributed by atoms with Crippen LogP contribution in [0.4, 0.5) is 0 Å². The number of amides is 1. The summed E-state index contributed by atoms with van der Waals surface area (Å²) in [5.41, 5.74) is 6.98. The summed E-state index contributed by atoms with van der Waals surface area (Å²) in [4.78, 5) is 22.8. The highest BCUT2D eigenvalue weighted by molar-refractivity contribution is 6.01. The maximum absolute atomic E-state index is 11.8. The van der Waals surface area contributed by atoms with Gasteiger partial charge in [-0.3, -0.25) is 9.59 Å². The van der Waals surface area contributed by atoms with Crippen LogP contribution in [0.3, 0.4) is 0 Å². The second-order valence-electron chi connectivity index (χ2n) is 7.24. The molecule has 5 heteroatoms. The Morgan fingerprint density at radius 3 is 2.00 bits per heavy atom. The first kappa shape index (κ1) is 24.1. The molecule has 0 aliphatic carbocycles. The molecule has 0 aliphatic heterocycles. The number of hydrogen-bond donors (Lipinski definition) is 3. The minimum absolute atomic E-state index is 0.217. The fourth-order valence-electron chi connectivity index (χ4n) is 2.81. The predicted molar refractivity (Wildman–Crippen MR) is 107 cm³/mol. The van der Waals surface area contributed by atoms with E-state index in [0.717, 1.165) is 12.8 Å². The number of carbonyl (C=O) groups is 2. The van der Waals surface area contributed by atoms with Crippen molar-refractivity contribution in [3.05, 3.63) is 35.4 Å². The lowest BCUT2D eigenvalue weighted by molar-refractivity contribution is -0.156. The molecule has 0 radical (unpaired) electrons. The van der Waals surface area contributed by atoms with Gasteiger partial charge < -0.3 is 16.2 Å². The van der Waals surface area contributed by atoms with E-state index in [4.69, 9.17) is 10.8 Å². The Bertz CT molecular complexity index is 573. The van der Waals surface area contributed by atoms with Gasteiger partial charge in [-0.25, -0.2) is 0 Å². The fraction of sp³-hybridized carbons (Fsp3) is 0.619. The van der Waals surface area contributed by atoms with Gasteiger partial charge in [0.05, 0.1) is 0 Å². The molecule has 0 aliphatic rings. The van der Waals surface area contributed by atoms with Gasteiger partial charge >= 0.3 is 5.97 Å². The third-order valence-corrected chi connectivity index (χ3v) is 4.71. The molecule has 1 aromatic carbocycles. The number of carbonyl (C=O) groups excluding carboxylic acids is 1. The summed E-state index contributed by atoms with van der Waals surface area (Å²) in [6, 6.07) is 8.22. The number of unbranched alkanes of at least 4 members (excludes halogenated alkanes) is 1. The molecular weight excluding hydrogens is 328 g/mol. The molecule has 0 fully saturated rings. The number of nitrogens with two attached hydrogens (primary N) is 1. The molecule has 0 saturated heterocycles. The zero-order valence-corrected chi connectivity index (χ0v) is 17.2. The third kappa shape index (κ3) is 6.79. The van der Waals surface area contributed by atoms with Crippen molar-refractivity contribution in [2.24, 2.45) is 11.1 Å². The van der Waals surface area contributed by atoms with E-state index in [9.17, 15) is 9.59 Å². The number of carboxylic acids is 1. The number of carboxylic acid groups (broad SMARTS) is 1. The van der Waals surface area contributed by atoms with Gasteiger partial charge in [0.2, 0.25) is 5.91 Å². The molecule has 1 rings (SSSR count). The molecule has 0 heterocycles. The van der Waals surface area contributed by atoms with Crippen LogP contribution in [0.25, 0.3) is 0 Å². The van der Waals surface area contributed by atoms with Gasteiger partial charge in [0, 0.05) is 12.1 Å². The van der Waals surface area contributed by atoms with Crippen molar-refractivity contribution in [1.29, 1.82) is 0 Å². The smallest absolute Gasteiger partial charge is 0.319 e. The summed E-state index contributed by atoms with van der Waals surface area (Å²) in [5.74, 6) is -1.38. The molecule has 4 N–H and O–H groups in total. The third-order valence-electron chi connectivity index (χ3n) is 4.71. The van der Waals surface area contributed by atoms with E-state index in [2.05, 4.69) is 24.4 Å². The number of rotatable bonds is 8. The average Bonchev–Trinajstić information content (AvgIpc) is 2.56. The summed E-state index contributed by atoms with van der Waals surface area (Å²) in [6.07, 6.45) is 2.53. The Labute approximate surface area is 158 Å². The van der Waals surface area contributed by atoms with Crippen LogP contribution in [0.1, 0.15) is 71.4 Å². The van der Waals surface area contributed by atoms with Gasteiger partial charge in [-0.2, -0.15) is 0 Å². The van der Waals surface area contributed by atoms with Crippen LogP contribution >= 0.6 is 0 Å². The van der Waals surface area contributed by atoms with E-state index in [1.165, 1.54) is 11.1 Å². The van der Waals surface area contributed by atoms with E-state index in [0.29, 0.717) is 19.4 Å². The maximum Gasteiger partial charge on any atom is 0.319 e. The summed E-state index contributed by atoms with van der Waals surface area (Å²) in [7, 11) is 0. The average molecular weight is 365 g/mol. The first-order valence-electron chi connectivity index (χ1n) is 9.43. The standard InChI is InChI=1S/C11H21NO3.C10H15N/c1-4-7-8-12-9(13)11(5-2,6-3)10(14)15;1-8-6-4-5-7-9(8)10(2,3)11/h4-8H2,1-3H3,(H,12,13)(H,14,15);4-7H,11H2,1-3H3. The minimum Gasteiger partial charge on any atom is -0.480 e. The van der Waals surface area contributed by atoms with Crippen LogP contribution in [0, 0.1) is 12.3 Å². The summed E-state index contributed by atoms with van der Waals surface area (Å²) in [5, 5.41) is 11.8. The molecule has 148 valence electrons. The van der Waals surface area contributed by atoms with Crippen molar-refractivity contribution in [3.8, 4) is 0 Å².